The Kier molecular flexibility index (Phi) is 7.03. The van der Waals surface area contributed by atoms with Crippen molar-refractivity contribution in [1.29, 1.82) is 0 Å². The maximum absolute atomic E-state index is 12.1. The Morgan fingerprint density at radius 2 is 1.73 bits per heavy atom. The summed E-state index contributed by atoms with van der Waals surface area (Å²) in [6, 6.07) is -0.911. The van der Waals surface area contributed by atoms with Crippen molar-refractivity contribution in [2.75, 3.05) is 6.61 Å². The van der Waals surface area contributed by atoms with Crippen LogP contribution in [0.25, 0.3) is 0 Å². The van der Waals surface area contributed by atoms with Crippen molar-refractivity contribution >= 4 is 26.1 Å². The molecule has 1 heterocycles. The van der Waals surface area contributed by atoms with Gasteiger partial charge in [0.2, 0.25) is 5.91 Å². The molecule has 2 atom stereocenters. The van der Waals surface area contributed by atoms with E-state index in [1.807, 2.05) is 0 Å². The Morgan fingerprint density at radius 3 is 2.19 bits per heavy atom. The number of carbonyl (C=O) groups excluding carboxylic acids is 3. The average Bonchev–Trinajstić information content (AvgIpc) is 2.44. The minimum Gasteiger partial charge on any atom is -0.444 e. The third-order valence-electron chi connectivity index (χ3n) is 4.82. The lowest BCUT2D eigenvalue weighted by atomic mass is 9.93. The Morgan fingerprint density at radius 1 is 1.15 bits per heavy atom. The summed E-state index contributed by atoms with van der Waals surface area (Å²) < 4.78 is 11.1. The first-order valence-electron chi connectivity index (χ1n) is 9.08. The minimum absolute atomic E-state index is 0.00647. The third-order valence-corrected chi connectivity index (χ3v) is 9.30. The van der Waals surface area contributed by atoms with Crippen LogP contribution in [0.1, 0.15) is 54.4 Å². The van der Waals surface area contributed by atoms with Gasteiger partial charge >= 0.3 is 6.09 Å². The van der Waals surface area contributed by atoms with Gasteiger partial charge in [0.1, 0.15) is 11.6 Å². The van der Waals surface area contributed by atoms with E-state index in [4.69, 9.17) is 9.16 Å². The number of carbonyl (C=O) groups is 3. The first-order valence-corrected chi connectivity index (χ1v) is 12.0. The van der Waals surface area contributed by atoms with Crippen LogP contribution in [0.5, 0.6) is 0 Å². The lowest BCUT2D eigenvalue weighted by Gasteiger charge is -2.37. The summed E-state index contributed by atoms with van der Waals surface area (Å²) in [7, 11) is -1.95. The first kappa shape index (κ1) is 22.6. The lowest BCUT2D eigenvalue weighted by molar-refractivity contribution is -0.132. The Balaban J connectivity index is 2.41. The van der Waals surface area contributed by atoms with Crippen LogP contribution in [-0.2, 0) is 18.8 Å². The van der Waals surface area contributed by atoms with Gasteiger partial charge in [0, 0.05) is 6.42 Å². The molecule has 150 valence electrons. The quantitative estimate of drug-likeness (QED) is 0.518. The van der Waals surface area contributed by atoms with Crippen molar-refractivity contribution in [3.63, 3.8) is 0 Å². The van der Waals surface area contributed by atoms with Crippen LogP contribution in [-0.4, -0.2) is 50.4 Å². The molecule has 7 nitrogen and oxygen atoms in total. The zero-order valence-electron chi connectivity index (χ0n) is 17.3. The summed E-state index contributed by atoms with van der Waals surface area (Å²) in [4.78, 5) is 35.6. The highest BCUT2D eigenvalue weighted by atomic mass is 28.4. The molecule has 8 heteroatoms. The summed E-state index contributed by atoms with van der Waals surface area (Å²) in [6.45, 7) is 16.0. The normalized spacial score (nSPS) is 20.8. The molecule has 0 aliphatic carbocycles. The molecule has 1 fully saturated rings. The molecule has 1 aliphatic rings. The van der Waals surface area contributed by atoms with E-state index in [-0.39, 0.29) is 29.4 Å². The Hall–Kier alpha value is -1.41. The van der Waals surface area contributed by atoms with E-state index >= 15 is 0 Å². The van der Waals surface area contributed by atoms with Gasteiger partial charge in [-0.15, -0.1) is 0 Å². The highest BCUT2D eigenvalue weighted by Gasteiger charge is 2.41. The standard InChI is InChI=1S/C18H34N2O5Si/c1-17(2,3)25-16(23)20-14-13(19-15(14)22)10-9-12(21)11-24-26(7,8)18(4,5)6/h13-14H,9-11H2,1-8H3,(H,19,22)(H,20,23). The van der Waals surface area contributed by atoms with Gasteiger partial charge in [-0.3, -0.25) is 9.59 Å². The van der Waals surface area contributed by atoms with Crippen LogP contribution < -0.4 is 10.6 Å². The summed E-state index contributed by atoms with van der Waals surface area (Å²) in [5.74, 6) is -0.252. The van der Waals surface area contributed by atoms with Crippen molar-refractivity contribution in [3.05, 3.63) is 0 Å². The number of alkyl carbamates (subject to hydrolysis) is 1. The van der Waals surface area contributed by atoms with E-state index in [1.54, 1.807) is 20.8 Å². The zero-order valence-corrected chi connectivity index (χ0v) is 18.3. The summed E-state index contributed by atoms with van der Waals surface area (Å²) in [5, 5.41) is 5.34. The number of Topliss-reactive ketones (excluding diaryl/α,β-unsaturated/α-hetero) is 1. The molecule has 2 N–H and O–H groups in total. The summed E-state index contributed by atoms with van der Waals surface area (Å²) in [6.07, 6.45) is 0.132. The van der Waals surface area contributed by atoms with Gasteiger partial charge < -0.3 is 19.8 Å². The van der Waals surface area contributed by atoms with Crippen molar-refractivity contribution in [3.8, 4) is 0 Å². The van der Waals surface area contributed by atoms with Gasteiger partial charge in [-0.25, -0.2) is 4.79 Å². The molecule has 0 saturated carbocycles. The molecule has 0 aromatic rings. The van der Waals surface area contributed by atoms with Gasteiger partial charge in [-0.05, 0) is 45.3 Å². The molecule has 0 aromatic heterocycles. The van der Waals surface area contributed by atoms with Crippen molar-refractivity contribution in [2.24, 2.45) is 0 Å². The van der Waals surface area contributed by atoms with E-state index < -0.39 is 26.1 Å². The molecule has 0 radical (unpaired) electrons. The van der Waals surface area contributed by atoms with E-state index in [9.17, 15) is 14.4 Å². The number of amides is 2. The Labute approximate surface area is 157 Å². The topological polar surface area (TPSA) is 93.7 Å². The largest absolute Gasteiger partial charge is 0.444 e. The second kappa shape index (κ2) is 8.08. The van der Waals surface area contributed by atoms with Gasteiger partial charge in [-0.2, -0.15) is 0 Å². The number of nitrogens with one attached hydrogen (secondary N) is 2. The van der Waals surface area contributed by atoms with Crippen molar-refractivity contribution in [2.45, 2.75) is 90.2 Å². The van der Waals surface area contributed by atoms with E-state index in [1.165, 1.54) is 0 Å². The van der Waals surface area contributed by atoms with E-state index in [0.29, 0.717) is 12.8 Å². The van der Waals surface area contributed by atoms with Crippen LogP contribution in [0.2, 0.25) is 18.1 Å². The molecule has 1 rings (SSSR count). The average molecular weight is 387 g/mol. The van der Waals surface area contributed by atoms with Crippen LogP contribution in [0.4, 0.5) is 4.79 Å². The highest BCUT2D eigenvalue weighted by Crippen LogP contribution is 2.36. The van der Waals surface area contributed by atoms with Crippen molar-refractivity contribution < 1.29 is 23.5 Å². The fourth-order valence-corrected chi connectivity index (χ4v) is 3.10. The molecule has 0 aromatic carbocycles. The van der Waals surface area contributed by atoms with Crippen LogP contribution in [0.3, 0.4) is 0 Å². The third kappa shape index (κ3) is 6.72. The second-order valence-electron chi connectivity index (χ2n) is 9.37. The molecule has 2 amide bonds. The van der Waals surface area contributed by atoms with Crippen LogP contribution in [0, 0.1) is 0 Å². The summed E-state index contributed by atoms with van der Waals surface area (Å²) in [5.41, 5.74) is -0.628. The molecular weight excluding hydrogens is 352 g/mol. The smallest absolute Gasteiger partial charge is 0.408 e. The maximum atomic E-state index is 12.1. The van der Waals surface area contributed by atoms with E-state index in [0.717, 1.165) is 0 Å². The van der Waals surface area contributed by atoms with Crippen LogP contribution >= 0.6 is 0 Å². The molecule has 0 spiro atoms. The van der Waals surface area contributed by atoms with Crippen molar-refractivity contribution in [1.82, 2.24) is 10.6 Å². The molecule has 1 saturated heterocycles. The highest BCUT2D eigenvalue weighted by molar-refractivity contribution is 6.74. The molecular formula is C18H34N2O5Si. The fourth-order valence-electron chi connectivity index (χ4n) is 2.15. The molecule has 0 bridgehead atoms. The number of β-lactam (4-membered cyclic amide) rings is 1. The number of rotatable bonds is 7. The minimum atomic E-state index is -1.95. The zero-order chi connectivity index (χ0) is 20.3. The number of hydrogen-bond donors (Lipinski definition) is 2. The van der Waals surface area contributed by atoms with Gasteiger partial charge in [0.15, 0.2) is 14.1 Å². The molecule has 2 unspecified atom stereocenters. The first-order chi connectivity index (χ1) is 11.6. The van der Waals surface area contributed by atoms with Crippen LogP contribution in [0.15, 0.2) is 0 Å². The van der Waals surface area contributed by atoms with E-state index in [2.05, 4.69) is 44.5 Å². The number of ketones is 1. The molecule has 26 heavy (non-hydrogen) atoms. The number of hydrogen-bond acceptors (Lipinski definition) is 5. The molecule has 1 aliphatic heterocycles. The maximum Gasteiger partial charge on any atom is 0.408 e. The number of ether oxygens (including phenoxy) is 1. The predicted octanol–water partition coefficient (Wildman–Crippen LogP) is 2.75. The lowest BCUT2D eigenvalue weighted by Crippen LogP contribution is -2.69. The van der Waals surface area contributed by atoms with Gasteiger partial charge in [-0.1, -0.05) is 20.8 Å². The summed E-state index contributed by atoms with van der Waals surface area (Å²) >= 11 is 0. The SMILES string of the molecule is CC(C)(C)OC(=O)NC1C(=O)NC1CCC(=O)CO[Si](C)(C)C(C)(C)C. The predicted molar refractivity (Wildman–Crippen MR) is 102 cm³/mol. The fraction of sp³-hybridized carbons (Fsp3) is 0.833. The Bertz CT molecular complexity index is 549. The second-order valence-corrected chi connectivity index (χ2v) is 14.2. The van der Waals surface area contributed by atoms with Gasteiger partial charge in [0.05, 0.1) is 12.6 Å². The monoisotopic (exact) mass is 386 g/mol. The van der Waals surface area contributed by atoms with Gasteiger partial charge in [0.25, 0.3) is 0 Å².